The van der Waals surface area contributed by atoms with Crippen LogP contribution < -0.4 is 5.32 Å². The van der Waals surface area contributed by atoms with Gasteiger partial charge in [0.25, 0.3) is 0 Å². The van der Waals surface area contributed by atoms with Crippen LogP contribution >= 0.6 is 0 Å². The second kappa shape index (κ2) is 5.73. The molecule has 2 N–H and O–H groups in total. The summed E-state index contributed by atoms with van der Waals surface area (Å²) < 4.78 is 9.68. The number of alkyl carbamates (subject to hydrolysis) is 1. The van der Waals surface area contributed by atoms with Crippen molar-refractivity contribution in [3.05, 3.63) is 17.7 Å². The highest BCUT2D eigenvalue weighted by Gasteiger charge is 2.20. The molecule has 0 spiro atoms. The van der Waals surface area contributed by atoms with Gasteiger partial charge in [-0.3, -0.25) is 0 Å². The Bertz CT molecular complexity index is 462. The van der Waals surface area contributed by atoms with E-state index < -0.39 is 23.7 Å². The van der Waals surface area contributed by atoms with Crippen molar-refractivity contribution >= 4 is 12.1 Å². The van der Waals surface area contributed by atoms with Crippen molar-refractivity contribution in [3.8, 4) is 0 Å². The number of nitrogens with zero attached hydrogens (tertiary/aromatic N) is 1. The lowest BCUT2D eigenvalue weighted by molar-refractivity contribution is 0.0505. The maximum absolute atomic E-state index is 11.6. The standard InChI is InChI=1S/C12H19N3O4/c1-7(14-11(17)19-12(2,3)4)9-13-6-8(15-9)10(16)18-5/h6-7H,1-5H3,(H,13,15)(H,14,17). The fourth-order valence-electron chi connectivity index (χ4n) is 1.32. The first-order valence-electron chi connectivity index (χ1n) is 5.85. The van der Waals surface area contributed by atoms with E-state index in [0.717, 1.165) is 0 Å². The Kier molecular flexibility index (Phi) is 4.52. The lowest BCUT2D eigenvalue weighted by Gasteiger charge is -2.21. The number of rotatable bonds is 3. The largest absolute Gasteiger partial charge is 0.464 e. The molecule has 1 unspecified atom stereocenters. The van der Waals surface area contributed by atoms with Gasteiger partial charge in [0.05, 0.1) is 19.3 Å². The number of imidazole rings is 1. The molecule has 1 heterocycles. The Morgan fingerprint density at radius 2 is 2.05 bits per heavy atom. The first-order chi connectivity index (χ1) is 8.73. The predicted octanol–water partition coefficient (Wildman–Crippen LogP) is 1.78. The van der Waals surface area contributed by atoms with Crippen LogP contribution in [0.5, 0.6) is 0 Å². The number of hydrogen-bond acceptors (Lipinski definition) is 5. The summed E-state index contributed by atoms with van der Waals surface area (Å²) in [6.45, 7) is 7.06. The van der Waals surface area contributed by atoms with Gasteiger partial charge in [0, 0.05) is 0 Å². The van der Waals surface area contributed by atoms with Gasteiger partial charge >= 0.3 is 12.1 Å². The van der Waals surface area contributed by atoms with E-state index in [9.17, 15) is 9.59 Å². The Hall–Kier alpha value is -2.05. The first kappa shape index (κ1) is 15.0. The molecule has 7 nitrogen and oxygen atoms in total. The molecule has 0 aliphatic carbocycles. The summed E-state index contributed by atoms with van der Waals surface area (Å²) in [7, 11) is 1.28. The SMILES string of the molecule is COC(=O)c1cnc(C(C)NC(=O)OC(C)(C)C)[nH]1. The van der Waals surface area contributed by atoms with Gasteiger partial charge < -0.3 is 19.8 Å². The third-order valence-corrected chi connectivity index (χ3v) is 2.14. The molecule has 1 aromatic rings. The summed E-state index contributed by atoms with van der Waals surface area (Å²) in [4.78, 5) is 29.6. The second-order valence-electron chi connectivity index (χ2n) is 5.04. The van der Waals surface area contributed by atoms with Gasteiger partial charge in [-0.15, -0.1) is 0 Å². The van der Waals surface area contributed by atoms with E-state index in [1.54, 1.807) is 27.7 Å². The Labute approximate surface area is 111 Å². The van der Waals surface area contributed by atoms with Crippen LogP contribution in [-0.4, -0.2) is 34.7 Å². The summed E-state index contributed by atoms with van der Waals surface area (Å²) >= 11 is 0. The van der Waals surface area contributed by atoms with Crippen LogP contribution in [0.3, 0.4) is 0 Å². The van der Waals surface area contributed by atoms with Gasteiger partial charge in [-0.2, -0.15) is 0 Å². The molecule has 19 heavy (non-hydrogen) atoms. The quantitative estimate of drug-likeness (QED) is 0.816. The third kappa shape index (κ3) is 4.61. The van der Waals surface area contributed by atoms with E-state index in [1.165, 1.54) is 13.3 Å². The van der Waals surface area contributed by atoms with E-state index in [4.69, 9.17) is 4.74 Å². The van der Waals surface area contributed by atoms with Crippen molar-refractivity contribution < 1.29 is 19.1 Å². The van der Waals surface area contributed by atoms with Crippen LogP contribution in [0.25, 0.3) is 0 Å². The van der Waals surface area contributed by atoms with E-state index >= 15 is 0 Å². The molecule has 7 heteroatoms. The topological polar surface area (TPSA) is 93.3 Å². The molecule has 1 atom stereocenters. The predicted molar refractivity (Wildman–Crippen MR) is 67.7 cm³/mol. The van der Waals surface area contributed by atoms with Crippen LogP contribution in [0, 0.1) is 0 Å². The molecule has 0 bridgehead atoms. The number of aromatic nitrogens is 2. The molecule has 106 valence electrons. The van der Waals surface area contributed by atoms with Crippen molar-refractivity contribution in [3.63, 3.8) is 0 Å². The zero-order valence-electron chi connectivity index (χ0n) is 11.7. The number of carbonyl (C=O) groups excluding carboxylic acids is 2. The van der Waals surface area contributed by atoms with Crippen LogP contribution in [0.4, 0.5) is 4.79 Å². The highest BCUT2D eigenvalue weighted by molar-refractivity contribution is 5.86. The number of carbonyl (C=O) groups is 2. The average Bonchev–Trinajstić information content (AvgIpc) is 2.74. The highest BCUT2D eigenvalue weighted by Crippen LogP contribution is 2.11. The molecule has 0 aliphatic heterocycles. The molecule has 0 aromatic carbocycles. The summed E-state index contributed by atoms with van der Waals surface area (Å²) in [6, 6.07) is -0.409. The highest BCUT2D eigenvalue weighted by atomic mass is 16.6. The number of esters is 1. The molecule has 0 saturated carbocycles. The number of hydrogen-bond donors (Lipinski definition) is 2. The molecule has 0 radical (unpaired) electrons. The maximum Gasteiger partial charge on any atom is 0.408 e. The number of amides is 1. The molecule has 0 aliphatic rings. The van der Waals surface area contributed by atoms with E-state index in [-0.39, 0.29) is 5.69 Å². The van der Waals surface area contributed by atoms with Gasteiger partial charge in [-0.05, 0) is 27.7 Å². The Morgan fingerprint density at radius 3 is 2.58 bits per heavy atom. The van der Waals surface area contributed by atoms with Gasteiger partial charge in [-0.25, -0.2) is 14.6 Å². The minimum atomic E-state index is -0.565. The van der Waals surface area contributed by atoms with Crippen LogP contribution in [0.1, 0.15) is 50.0 Å². The summed E-state index contributed by atoms with van der Waals surface area (Å²) in [5, 5.41) is 2.62. The average molecular weight is 269 g/mol. The Morgan fingerprint density at radius 1 is 1.42 bits per heavy atom. The van der Waals surface area contributed by atoms with Crippen molar-refractivity contribution in [2.24, 2.45) is 0 Å². The fourth-order valence-corrected chi connectivity index (χ4v) is 1.32. The normalized spacial score (nSPS) is 12.7. The van der Waals surface area contributed by atoms with Gasteiger partial charge in [0.15, 0.2) is 0 Å². The van der Waals surface area contributed by atoms with E-state index in [2.05, 4.69) is 20.0 Å². The van der Waals surface area contributed by atoms with Crippen molar-refractivity contribution in [1.82, 2.24) is 15.3 Å². The smallest absolute Gasteiger partial charge is 0.408 e. The minimum absolute atomic E-state index is 0.232. The summed E-state index contributed by atoms with van der Waals surface area (Å²) in [5.41, 5.74) is -0.334. The summed E-state index contributed by atoms with van der Waals surface area (Å²) in [5.74, 6) is -0.0607. The molecule has 1 amide bonds. The van der Waals surface area contributed by atoms with Gasteiger partial charge in [0.1, 0.15) is 17.1 Å². The van der Waals surface area contributed by atoms with Crippen molar-refractivity contribution in [1.29, 1.82) is 0 Å². The molecular formula is C12H19N3O4. The minimum Gasteiger partial charge on any atom is -0.464 e. The monoisotopic (exact) mass is 269 g/mol. The molecular weight excluding hydrogens is 250 g/mol. The lowest BCUT2D eigenvalue weighted by atomic mass is 10.2. The first-order valence-corrected chi connectivity index (χ1v) is 5.85. The molecule has 0 fully saturated rings. The third-order valence-electron chi connectivity index (χ3n) is 2.14. The Balaban J connectivity index is 2.63. The lowest BCUT2D eigenvalue weighted by Crippen LogP contribution is -2.34. The van der Waals surface area contributed by atoms with Gasteiger partial charge in [0.2, 0.25) is 0 Å². The summed E-state index contributed by atoms with van der Waals surface area (Å²) in [6.07, 6.45) is 0.810. The zero-order valence-corrected chi connectivity index (χ0v) is 11.7. The zero-order chi connectivity index (χ0) is 14.6. The van der Waals surface area contributed by atoms with Crippen molar-refractivity contribution in [2.75, 3.05) is 7.11 Å². The second-order valence-corrected chi connectivity index (χ2v) is 5.04. The fraction of sp³-hybridized carbons (Fsp3) is 0.583. The molecule has 0 saturated heterocycles. The van der Waals surface area contributed by atoms with E-state index in [1.807, 2.05) is 0 Å². The molecule has 1 rings (SSSR count). The van der Waals surface area contributed by atoms with Crippen LogP contribution in [0.2, 0.25) is 0 Å². The number of nitrogens with one attached hydrogen (secondary N) is 2. The number of methoxy groups -OCH3 is 1. The van der Waals surface area contributed by atoms with Crippen LogP contribution in [0.15, 0.2) is 6.20 Å². The number of ether oxygens (including phenoxy) is 2. The van der Waals surface area contributed by atoms with Gasteiger partial charge in [-0.1, -0.05) is 0 Å². The maximum atomic E-state index is 11.6. The van der Waals surface area contributed by atoms with Crippen LogP contribution in [-0.2, 0) is 9.47 Å². The molecule has 1 aromatic heterocycles. The number of H-pyrrole nitrogens is 1. The van der Waals surface area contributed by atoms with Crippen molar-refractivity contribution in [2.45, 2.75) is 39.3 Å². The van der Waals surface area contributed by atoms with E-state index in [0.29, 0.717) is 5.82 Å². The number of aromatic amines is 1.